The third kappa shape index (κ3) is 2.86. The molecule has 2 aliphatic rings. The second-order valence-corrected chi connectivity index (χ2v) is 7.86. The van der Waals surface area contributed by atoms with E-state index in [-0.39, 0.29) is 17.8 Å². The van der Waals surface area contributed by atoms with Crippen molar-refractivity contribution in [2.45, 2.75) is 17.9 Å². The molecule has 1 aliphatic heterocycles. The van der Waals surface area contributed by atoms with E-state index >= 15 is 0 Å². The lowest BCUT2D eigenvalue weighted by Gasteiger charge is -2.26. The fourth-order valence-electron chi connectivity index (χ4n) is 4.23. The van der Waals surface area contributed by atoms with E-state index < -0.39 is 11.5 Å². The van der Waals surface area contributed by atoms with E-state index in [9.17, 15) is 9.59 Å². The maximum Gasteiger partial charge on any atom is 0.341 e. The number of carbonyl (C=O) groups excluding carboxylic acids is 2. The van der Waals surface area contributed by atoms with Gasteiger partial charge in [-0.15, -0.1) is 6.58 Å². The van der Waals surface area contributed by atoms with E-state index in [4.69, 9.17) is 9.73 Å². The quantitative estimate of drug-likeness (QED) is 0.418. The van der Waals surface area contributed by atoms with Gasteiger partial charge in [-0.3, -0.25) is 0 Å². The molecule has 0 saturated heterocycles. The molecule has 5 heteroatoms. The molecule has 4 nitrogen and oxygen atoms in total. The maximum atomic E-state index is 13.1. The minimum Gasteiger partial charge on any atom is -0.405 e. The lowest BCUT2D eigenvalue weighted by atomic mass is 9.78. The fraction of sp³-hybridized carbons (Fsp3) is 0.227. The summed E-state index contributed by atoms with van der Waals surface area (Å²) in [5.41, 5.74) is 0.542. The first-order valence-corrected chi connectivity index (χ1v) is 9.59. The maximum absolute atomic E-state index is 13.1. The Morgan fingerprint density at radius 2 is 1.85 bits per heavy atom. The molecule has 27 heavy (non-hydrogen) atoms. The number of allylic oxidation sites excluding steroid dienone is 1. The monoisotopic (exact) mass is 423 g/mol. The number of halogens is 1. The lowest BCUT2D eigenvalue weighted by Crippen LogP contribution is -2.38. The number of cyclic esters (lactones) is 1. The molecule has 1 fully saturated rings. The summed E-state index contributed by atoms with van der Waals surface area (Å²) < 4.78 is 6.53. The number of aliphatic imine (C=N–C) groups is 1. The Kier molecular flexibility index (Phi) is 4.56. The van der Waals surface area contributed by atoms with Gasteiger partial charge in [0.15, 0.2) is 5.54 Å². The molecule has 2 aromatic carbocycles. The van der Waals surface area contributed by atoms with E-state index in [1.54, 1.807) is 6.08 Å². The summed E-state index contributed by atoms with van der Waals surface area (Å²) in [5.74, 6) is -0.986. The number of rotatable bonds is 4. The summed E-state index contributed by atoms with van der Waals surface area (Å²) >= 11 is 3.43. The number of nitrogens with zero attached hydrogens (tertiary/aromatic N) is 1. The highest BCUT2D eigenvalue weighted by molar-refractivity contribution is 9.10. The summed E-state index contributed by atoms with van der Waals surface area (Å²) in [6, 6.07) is 17.0. The molecule has 1 spiro atoms. The predicted octanol–water partition coefficient (Wildman–Crippen LogP) is 4.30. The SMILES string of the molecule is C=C[C@H]1C[C@]2(N=C(c3ccccc3)OC2=O)[C@H](c2ccc(Br)cc2)[C@H]1C=O. The molecule has 0 N–H and O–H groups in total. The molecule has 4 atom stereocenters. The van der Waals surface area contributed by atoms with Crippen molar-refractivity contribution in [3.8, 4) is 0 Å². The second kappa shape index (κ2) is 6.89. The predicted molar refractivity (Wildman–Crippen MR) is 107 cm³/mol. The lowest BCUT2D eigenvalue weighted by molar-refractivity contribution is -0.139. The number of hydrogen-bond acceptors (Lipinski definition) is 4. The Balaban J connectivity index is 1.86. The Morgan fingerprint density at radius 3 is 2.48 bits per heavy atom. The van der Waals surface area contributed by atoms with Crippen LogP contribution in [0.15, 0.2) is 76.7 Å². The third-order valence-electron chi connectivity index (χ3n) is 5.49. The van der Waals surface area contributed by atoms with Crippen LogP contribution in [0.3, 0.4) is 0 Å². The number of esters is 1. The van der Waals surface area contributed by atoms with Gasteiger partial charge in [0.25, 0.3) is 0 Å². The molecule has 1 heterocycles. The highest BCUT2D eigenvalue weighted by atomic mass is 79.9. The van der Waals surface area contributed by atoms with Crippen molar-refractivity contribution in [3.63, 3.8) is 0 Å². The first-order valence-electron chi connectivity index (χ1n) is 8.80. The summed E-state index contributed by atoms with van der Waals surface area (Å²) in [7, 11) is 0. The fourth-order valence-corrected chi connectivity index (χ4v) is 4.50. The zero-order valence-electron chi connectivity index (χ0n) is 14.5. The Morgan fingerprint density at radius 1 is 1.15 bits per heavy atom. The van der Waals surface area contributed by atoms with Gasteiger partial charge in [-0.2, -0.15) is 0 Å². The van der Waals surface area contributed by atoms with Gasteiger partial charge in [0.05, 0.1) is 0 Å². The van der Waals surface area contributed by atoms with Crippen LogP contribution in [-0.2, 0) is 14.3 Å². The van der Waals surface area contributed by atoms with Crippen LogP contribution in [0.5, 0.6) is 0 Å². The smallest absolute Gasteiger partial charge is 0.341 e. The van der Waals surface area contributed by atoms with Crippen LogP contribution in [0.25, 0.3) is 0 Å². The van der Waals surface area contributed by atoms with Crippen LogP contribution in [0.2, 0.25) is 0 Å². The molecule has 1 saturated carbocycles. The van der Waals surface area contributed by atoms with Crippen LogP contribution in [0.1, 0.15) is 23.5 Å². The highest BCUT2D eigenvalue weighted by Gasteiger charge is 2.61. The topological polar surface area (TPSA) is 55.7 Å². The van der Waals surface area contributed by atoms with Gasteiger partial charge < -0.3 is 9.53 Å². The van der Waals surface area contributed by atoms with Crippen LogP contribution in [-0.4, -0.2) is 23.7 Å². The summed E-state index contributed by atoms with van der Waals surface area (Å²) in [6.45, 7) is 3.87. The third-order valence-corrected chi connectivity index (χ3v) is 6.02. The minimum absolute atomic E-state index is 0.137. The molecule has 136 valence electrons. The minimum atomic E-state index is -1.11. The second-order valence-electron chi connectivity index (χ2n) is 6.94. The Labute approximate surface area is 166 Å². The van der Waals surface area contributed by atoms with Crippen molar-refractivity contribution in [3.05, 3.63) is 82.9 Å². The summed E-state index contributed by atoms with van der Waals surface area (Å²) in [5, 5.41) is 0. The molecule has 4 rings (SSSR count). The summed E-state index contributed by atoms with van der Waals surface area (Å²) in [4.78, 5) is 29.8. The van der Waals surface area contributed by atoms with E-state index in [1.165, 1.54) is 0 Å². The van der Waals surface area contributed by atoms with Gasteiger partial charge in [-0.1, -0.05) is 52.3 Å². The molecule has 0 radical (unpaired) electrons. The largest absolute Gasteiger partial charge is 0.405 e. The molecule has 0 amide bonds. The standard InChI is InChI=1S/C22H18BrNO3/c1-2-14-12-22(19(18(14)13-25)15-8-10-17(23)11-9-15)21(26)27-20(24-22)16-6-4-3-5-7-16/h2-11,13-14,18-19H,1,12H2/t14-,18-,19+,22-/m0/s1. The Hall–Kier alpha value is -2.53. The van der Waals surface area contributed by atoms with Crippen molar-refractivity contribution >= 4 is 34.1 Å². The van der Waals surface area contributed by atoms with E-state index in [0.29, 0.717) is 12.3 Å². The number of aldehydes is 1. The molecule has 0 bridgehead atoms. The number of ether oxygens (including phenoxy) is 1. The average Bonchev–Trinajstić information content (AvgIpc) is 3.20. The van der Waals surface area contributed by atoms with E-state index in [2.05, 4.69) is 22.5 Å². The van der Waals surface area contributed by atoms with Gasteiger partial charge in [-0.25, -0.2) is 9.79 Å². The molecule has 0 aromatic heterocycles. The van der Waals surface area contributed by atoms with E-state index in [1.807, 2.05) is 54.6 Å². The van der Waals surface area contributed by atoms with Gasteiger partial charge in [0.2, 0.25) is 5.90 Å². The first kappa shape index (κ1) is 17.9. The molecular formula is C22H18BrNO3. The van der Waals surface area contributed by atoms with Crippen LogP contribution in [0, 0.1) is 11.8 Å². The van der Waals surface area contributed by atoms with Crippen molar-refractivity contribution in [1.29, 1.82) is 0 Å². The molecular weight excluding hydrogens is 406 g/mol. The van der Waals surface area contributed by atoms with Gasteiger partial charge >= 0.3 is 5.97 Å². The molecule has 1 aliphatic carbocycles. The average molecular weight is 424 g/mol. The van der Waals surface area contributed by atoms with Gasteiger partial charge in [0.1, 0.15) is 6.29 Å². The number of benzene rings is 2. The zero-order chi connectivity index (χ0) is 19.0. The van der Waals surface area contributed by atoms with Crippen LogP contribution in [0.4, 0.5) is 0 Å². The zero-order valence-corrected chi connectivity index (χ0v) is 16.1. The summed E-state index contributed by atoms with van der Waals surface area (Å²) in [6.07, 6.45) is 3.09. The molecule has 0 unspecified atom stereocenters. The van der Waals surface area contributed by atoms with Crippen LogP contribution < -0.4 is 0 Å². The number of hydrogen-bond donors (Lipinski definition) is 0. The molecule has 2 aromatic rings. The Bertz CT molecular complexity index is 922. The van der Waals surface area contributed by atoms with Crippen molar-refractivity contribution in [2.24, 2.45) is 16.8 Å². The van der Waals surface area contributed by atoms with Crippen molar-refractivity contribution < 1.29 is 14.3 Å². The van der Waals surface area contributed by atoms with Crippen LogP contribution >= 0.6 is 15.9 Å². The number of carbonyl (C=O) groups is 2. The van der Waals surface area contributed by atoms with E-state index in [0.717, 1.165) is 21.9 Å². The van der Waals surface area contributed by atoms with Gasteiger partial charge in [-0.05, 0) is 42.2 Å². The van der Waals surface area contributed by atoms with Crippen molar-refractivity contribution in [2.75, 3.05) is 0 Å². The first-order chi connectivity index (χ1) is 13.1. The highest BCUT2D eigenvalue weighted by Crippen LogP contribution is 2.54. The normalized spacial score (nSPS) is 29.4. The van der Waals surface area contributed by atoms with Gasteiger partial charge in [0, 0.05) is 21.9 Å². The van der Waals surface area contributed by atoms with Crippen molar-refractivity contribution in [1.82, 2.24) is 0 Å².